The second kappa shape index (κ2) is 9.47. The Morgan fingerprint density at radius 1 is 0.969 bits per heavy atom. The van der Waals surface area contributed by atoms with E-state index in [1.807, 2.05) is 48.5 Å². The van der Waals surface area contributed by atoms with E-state index in [-0.39, 0.29) is 23.6 Å². The van der Waals surface area contributed by atoms with Crippen LogP contribution in [0.25, 0.3) is 0 Å². The summed E-state index contributed by atoms with van der Waals surface area (Å²) in [7, 11) is 0. The summed E-state index contributed by atoms with van der Waals surface area (Å²) in [5.74, 6) is -0.875. The number of nitrogens with one attached hydrogen (secondary N) is 1. The predicted octanol–water partition coefficient (Wildman–Crippen LogP) is 3.01. The molecule has 2 aromatic carbocycles. The molecule has 0 bridgehead atoms. The standard InChI is InChI=1S/C26H25N3O3/c1-2-13-27-25(31)22-17-28(15-19-8-4-3-5-9-19)18-23(24(22)30)26(32)29-14-12-20-10-6-7-11-21(20)16-29/h2-11,17-18H,1,12-16H2,(H,27,31). The molecule has 6 nitrogen and oxygen atoms in total. The number of rotatable bonds is 6. The molecule has 1 aliphatic heterocycles. The minimum Gasteiger partial charge on any atom is -0.348 e. The smallest absolute Gasteiger partial charge is 0.259 e. The first-order valence-electron chi connectivity index (χ1n) is 10.6. The van der Waals surface area contributed by atoms with Gasteiger partial charge in [0.25, 0.3) is 11.8 Å². The van der Waals surface area contributed by atoms with Gasteiger partial charge >= 0.3 is 0 Å². The van der Waals surface area contributed by atoms with Crippen molar-refractivity contribution < 1.29 is 9.59 Å². The molecule has 6 heteroatoms. The zero-order chi connectivity index (χ0) is 22.5. The molecule has 32 heavy (non-hydrogen) atoms. The summed E-state index contributed by atoms with van der Waals surface area (Å²) < 4.78 is 1.73. The van der Waals surface area contributed by atoms with Crippen LogP contribution in [-0.2, 0) is 19.5 Å². The fourth-order valence-electron chi connectivity index (χ4n) is 3.93. The van der Waals surface area contributed by atoms with E-state index in [0.29, 0.717) is 19.6 Å². The Morgan fingerprint density at radius 3 is 2.41 bits per heavy atom. The van der Waals surface area contributed by atoms with Crippen LogP contribution in [0, 0.1) is 0 Å². The molecule has 2 amide bonds. The van der Waals surface area contributed by atoms with Gasteiger partial charge in [0.05, 0.1) is 0 Å². The summed E-state index contributed by atoms with van der Waals surface area (Å²) >= 11 is 0. The number of hydrogen-bond acceptors (Lipinski definition) is 3. The van der Waals surface area contributed by atoms with Crippen molar-refractivity contribution in [1.29, 1.82) is 0 Å². The third kappa shape index (κ3) is 4.54. The number of pyridine rings is 1. The number of benzene rings is 2. The van der Waals surface area contributed by atoms with Crippen molar-refractivity contribution >= 4 is 11.8 Å². The Balaban J connectivity index is 1.70. The van der Waals surface area contributed by atoms with Gasteiger partial charge in [-0.25, -0.2) is 0 Å². The van der Waals surface area contributed by atoms with E-state index in [1.165, 1.54) is 11.8 Å². The van der Waals surface area contributed by atoms with Gasteiger partial charge in [-0.2, -0.15) is 0 Å². The first kappa shape index (κ1) is 21.3. The van der Waals surface area contributed by atoms with Gasteiger partial charge in [-0.05, 0) is 23.1 Å². The minimum absolute atomic E-state index is 0.00608. The summed E-state index contributed by atoms with van der Waals surface area (Å²) in [6.07, 6.45) is 5.35. The van der Waals surface area contributed by atoms with E-state index in [0.717, 1.165) is 17.5 Å². The normalized spacial score (nSPS) is 12.7. The Hall–Kier alpha value is -3.93. The highest BCUT2D eigenvalue weighted by Gasteiger charge is 2.26. The van der Waals surface area contributed by atoms with E-state index < -0.39 is 11.3 Å². The van der Waals surface area contributed by atoms with Crippen LogP contribution in [0.3, 0.4) is 0 Å². The Kier molecular flexibility index (Phi) is 6.31. The zero-order valence-corrected chi connectivity index (χ0v) is 17.8. The molecule has 0 fully saturated rings. The molecule has 0 saturated carbocycles. The first-order chi connectivity index (χ1) is 15.6. The van der Waals surface area contributed by atoms with E-state index in [9.17, 15) is 14.4 Å². The molecule has 1 aliphatic rings. The number of carbonyl (C=O) groups is 2. The second-order valence-electron chi connectivity index (χ2n) is 7.82. The third-order valence-electron chi connectivity index (χ3n) is 5.59. The van der Waals surface area contributed by atoms with Crippen molar-refractivity contribution in [3.63, 3.8) is 0 Å². The zero-order valence-electron chi connectivity index (χ0n) is 17.8. The van der Waals surface area contributed by atoms with Crippen LogP contribution >= 0.6 is 0 Å². The maximum Gasteiger partial charge on any atom is 0.259 e. The molecular weight excluding hydrogens is 402 g/mol. The lowest BCUT2D eigenvalue weighted by atomic mass is 9.99. The summed E-state index contributed by atoms with van der Waals surface area (Å²) in [4.78, 5) is 40.9. The number of nitrogens with zero attached hydrogens (tertiary/aromatic N) is 2. The highest BCUT2D eigenvalue weighted by atomic mass is 16.2. The lowest BCUT2D eigenvalue weighted by molar-refractivity contribution is 0.0732. The van der Waals surface area contributed by atoms with Gasteiger partial charge in [0.15, 0.2) is 0 Å². The maximum atomic E-state index is 13.4. The van der Waals surface area contributed by atoms with Crippen molar-refractivity contribution in [2.75, 3.05) is 13.1 Å². The fraction of sp³-hybridized carbons (Fsp3) is 0.192. The summed E-state index contributed by atoms with van der Waals surface area (Å²) in [5, 5.41) is 2.64. The molecule has 4 rings (SSSR count). The van der Waals surface area contributed by atoms with Gasteiger partial charge in [-0.3, -0.25) is 14.4 Å². The van der Waals surface area contributed by atoms with Crippen LogP contribution in [-0.4, -0.2) is 34.4 Å². The van der Waals surface area contributed by atoms with Gasteiger partial charge in [-0.15, -0.1) is 6.58 Å². The van der Waals surface area contributed by atoms with E-state index in [2.05, 4.69) is 18.0 Å². The van der Waals surface area contributed by atoms with Crippen molar-refractivity contribution in [2.45, 2.75) is 19.5 Å². The van der Waals surface area contributed by atoms with Crippen LogP contribution in [0.5, 0.6) is 0 Å². The summed E-state index contributed by atoms with van der Waals surface area (Å²) in [5.41, 5.74) is 2.70. The number of hydrogen-bond donors (Lipinski definition) is 1. The number of amides is 2. The van der Waals surface area contributed by atoms with Gasteiger partial charge in [0, 0.05) is 38.6 Å². The molecule has 0 atom stereocenters. The highest BCUT2D eigenvalue weighted by molar-refractivity contribution is 5.99. The van der Waals surface area contributed by atoms with Crippen LogP contribution in [0.4, 0.5) is 0 Å². The number of carbonyl (C=O) groups excluding carboxylic acids is 2. The van der Waals surface area contributed by atoms with Crippen LogP contribution in [0.2, 0.25) is 0 Å². The van der Waals surface area contributed by atoms with Gasteiger partial charge < -0.3 is 14.8 Å². The molecule has 2 heterocycles. The van der Waals surface area contributed by atoms with Gasteiger partial charge in [0.2, 0.25) is 5.43 Å². The molecule has 0 radical (unpaired) electrons. The molecule has 3 aromatic rings. The third-order valence-corrected chi connectivity index (χ3v) is 5.59. The summed E-state index contributed by atoms with van der Waals surface area (Å²) in [6, 6.07) is 17.7. The van der Waals surface area contributed by atoms with Gasteiger partial charge in [0.1, 0.15) is 11.1 Å². The van der Waals surface area contributed by atoms with E-state index >= 15 is 0 Å². The van der Waals surface area contributed by atoms with Crippen molar-refractivity contribution in [3.05, 3.63) is 118 Å². The molecule has 0 unspecified atom stereocenters. The average Bonchev–Trinajstić information content (AvgIpc) is 2.83. The predicted molar refractivity (Wildman–Crippen MR) is 124 cm³/mol. The Morgan fingerprint density at radius 2 is 1.66 bits per heavy atom. The largest absolute Gasteiger partial charge is 0.348 e. The number of aromatic nitrogens is 1. The van der Waals surface area contributed by atoms with E-state index in [4.69, 9.17) is 0 Å². The van der Waals surface area contributed by atoms with Gasteiger partial charge in [-0.1, -0.05) is 60.7 Å². The van der Waals surface area contributed by atoms with Crippen molar-refractivity contribution in [3.8, 4) is 0 Å². The monoisotopic (exact) mass is 427 g/mol. The quantitative estimate of drug-likeness (QED) is 0.615. The number of fused-ring (bicyclic) bond motifs is 1. The molecule has 1 aromatic heterocycles. The van der Waals surface area contributed by atoms with Crippen molar-refractivity contribution in [1.82, 2.24) is 14.8 Å². The second-order valence-corrected chi connectivity index (χ2v) is 7.82. The molecule has 0 saturated heterocycles. The molecule has 162 valence electrons. The lowest BCUT2D eigenvalue weighted by Crippen LogP contribution is -2.40. The SMILES string of the molecule is C=CCNC(=O)c1cn(Cc2ccccc2)cc(C(=O)N2CCc3ccccc3C2)c1=O. The topological polar surface area (TPSA) is 71.4 Å². The minimum atomic E-state index is -0.556. The Bertz CT molecular complexity index is 1210. The summed E-state index contributed by atoms with van der Waals surface area (Å²) in [6.45, 7) is 5.23. The molecule has 1 N–H and O–H groups in total. The van der Waals surface area contributed by atoms with E-state index in [1.54, 1.807) is 21.7 Å². The Labute approximate surface area is 186 Å². The maximum absolute atomic E-state index is 13.4. The van der Waals surface area contributed by atoms with Crippen LogP contribution < -0.4 is 10.7 Å². The van der Waals surface area contributed by atoms with Crippen LogP contribution in [0.1, 0.15) is 37.4 Å². The lowest BCUT2D eigenvalue weighted by Gasteiger charge is -2.29. The highest BCUT2D eigenvalue weighted by Crippen LogP contribution is 2.20. The molecular formula is C26H25N3O3. The average molecular weight is 428 g/mol. The van der Waals surface area contributed by atoms with Crippen LogP contribution in [0.15, 0.2) is 84.4 Å². The molecule has 0 spiro atoms. The first-order valence-corrected chi connectivity index (χ1v) is 10.6. The fourth-order valence-corrected chi connectivity index (χ4v) is 3.93. The molecule has 0 aliphatic carbocycles. The van der Waals surface area contributed by atoms with Crippen molar-refractivity contribution in [2.24, 2.45) is 0 Å².